The van der Waals surface area contributed by atoms with Gasteiger partial charge in [-0.15, -0.1) is 0 Å². The Balaban J connectivity index is 1.22. The van der Waals surface area contributed by atoms with E-state index in [1.165, 1.54) is 0 Å². The first-order valence-electron chi connectivity index (χ1n) is 10.6. The molecule has 3 fully saturated rings. The van der Waals surface area contributed by atoms with Gasteiger partial charge in [-0.3, -0.25) is 20.0 Å². The van der Waals surface area contributed by atoms with Crippen molar-refractivity contribution in [2.45, 2.75) is 44.2 Å². The zero-order valence-corrected chi connectivity index (χ0v) is 17.0. The Morgan fingerprint density at radius 3 is 2.80 bits per heavy atom. The summed E-state index contributed by atoms with van der Waals surface area (Å²) in [7, 11) is 0. The summed E-state index contributed by atoms with van der Waals surface area (Å²) in [6, 6.07) is 5.96. The van der Waals surface area contributed by atoms with Crippen molar-refractivity contribution in [1.82, 2.24) is 25.7 Å². The van der Waals surface area contributed by atoms with Crippen LogP contribution in [-0.2, 0) is 9.59 Å². The molecule has 1 aliphatic carbocycles. The van der Waals surface area contributed by atoms with Crippen molar-refractivity contribution in [3.05, 3.63) is 24.4 Å². The van der Waals surface area contributed by atoms with Gasteiger partial charge in [-0.2, -0.15) is 5.10 Å². The third-order valence-electron chi connectivity index (χ3n) is 6.71. The van der Waals surface area contributed by atoms with E-state index in [-0.39, 0.29) is 30.2 Å². The van der Waals surface area contributed by atoms with Crippen LogP contribution in [0.2, 0.25) is 0 Å². The number of urea groups is 1. The number of H-pyrrole nitrogens is 1. The Hall–Kier alpha value is -3.10. The van der Waals surface area contributed by atoms with Gasteiger partial charge in [0.2, 0.25) is 5.91 Å². The van der Waals surface area contributed by atoms with Crippen LogP contribution in [0.4, 0.5) is 10.5 Å². The lowest BCUT2D eigenvalue weighted by molar-refractivity contribution is -0.133. The minimum atomic E-state index is -0.903. The Morgan fingerprint density at radius 2 is 2.10 bits per heavy atom. The highest BCUT2D eigenvalue weighted by molar-refractivity contribution is 6.07. The number of amides is 4. The fourth-order valence-corrected chi connectivity index (χ4v) is 4.89. The summed E-state index contributed by atoms with van der Waals surface area (Å²) in [4.78, 5) is 41.1. The number of nitrogens with zero attached hydrogens (tertiary/aromatic N) is 3. The highest BCUT2D eigenvalue weighted by Crippen LogP contribution is 2.43. The average molecular weight is 410 g/mol. The minimum Gasteiger partial charge on any atom is -0.365 e. The fraction of sp³-hybridized carbons (Fsp3) is 0.524. The molecular weight excluding hydrogens is 384 g/mol. The predicted octanol–water partition coefficient (Wildman–Crippen LogP) is 1.37. The first-order valence-corrected chi connectivity index (χ1v) is 10.6. The molecule has 0 radical (unpaired) electrons. The number of carbonyl (C=O) groups is 3. The molecule has 0 spiro atoms. The van der Waals surface area contributed by atoms with Gasteiger partial charge >= 0.3 is 6.03 Å². The number of aromatic nitrogens is 2. The van der Waals surface area contributed by atoms with Crippen molar-refractivity contribution in [1.29, 1.82) is 0 Å². The van der Waals surface area contributed by atoms with Crippen LogP contribution in [0, 0.1) is 5.92 Å². The Morgan fingerprint density at radius 1 is 1.27 bits per heavy atom. The lowest BCUT2D eigenvalue weighted by Crippen LogP contribution is -2.54. The number of rotatable bonds is 5. The molecule has 0 bridgehead atoms. The third kappa shape index (κ3) is 3.18. The number of fused-ring (bicyclic) bond motifs is 1. The molecule has 2 saturated heterocycles. The summed E-state index contributed by atoms with van der Waals surface area (Å²) in [6.07, 6.45) is 4.27. The van der Waals surface area contributed by atoms with Crippen molar-refractivity contribution in [2.75, 3.05) is 24.5 Å². The first-order chi connectivity index (χ1) is 14.5. The molecule has 158 valence electrons. The minimum absolute atomic E-state index is 0.0424. The molecule has 3 heterocycles. The van der Waals surface area contributed by atoms with E-state index in [0.29, 0.717) is 19.5 Å². The van der Waals surface area contributed by atoms with Crippen molar-refractivity contribution >= 4 is 34.4 Å². The number of hydrogen-bond donors (Lipinski definition) is 3. The molecule has 1 aromatic carbocycles. The molecule has 1 unspecified atom stereocenters. The van der Waals surface area contributed by atoms with Crippen LogP contribution in [0.5, 0.6) is 0 Å². The maximum Gasteiger partial charge on any atom is 0.322 e. The summed E-state index contributed by atoms with van der Waals surface area (Å²) < 4.78 is 0. The maximum absolute atomic E-state index is 12.9. The molecule has 1 aromatic heterocycles. The van der Waals surface area contributed by atoms with Crippen molar-refractivity contribution in [2.24, 2.45) is 5.92 Å². The van der Waals surface area contributed by atoms with E-state index in [0.717, 1.165) is 36.0 Å². The van der Waals surface area contributed by atoms with Gasteiger partial charge in [0.15, 0.2) is 0 Å². The molecule has 9 nitrogen and oxygen atoms in total. The van der Waals surface area contributed by atoms with Gasteiger partial charge in [-0.25, -0.2) is 4.79 Å². The van der Waals surface area contributed by atoms with Crippen molar-refractivity contribution < 1.29 is 14.4 Å². The second-order valence-electron chi connectivity index (χ2n) is 8.68. The number of nitrogens with one attached hydrogen (secondary N) is 3. The van der Waals surface area contributed by atoms with Crippen molar-refractivity contribution in [3.63, 3.8) is 0 Å². The molecular formula is C21H26N6O3. The second-order valence-corrected chi connectivity index (χ2v) is 8.68. The summed E-state index contributed by atoms with van der Waals surface area (Å²) in [5.41, 5.74) is 1.23. The number of piperazine rings is 1. The number of carbonyl (C=O) groups excluding carboxylic acids is 3. The third-order valence-corrected chi connectivity index (χ3v) is 6.71. The van der Waals surface area contributed by atoms with Gasteiger partial charge in [-0.1, -0.05) is 0 Å². The Kier molecular flexibility index (Phi) is 4.41. The second kappa shape index (κ2) is 7.00. The summed E-state index contributed by atoms with van der Waals surface area (Å²) in [6.45, 7) is 4.15. The monoisotopic (exact) mass is 410 g/mol. The fourth-order valence-electron chi connectivity index (χ4n) is 4.89. The molecule has 9 heteroatoms. The molecule has 3 aliphatic rings. The number of hydrogen-bond acceptors (Lipinski definition) is 5. The molecule has 5 rings (SSSR count). The van der Waals surface area contributed by atoms with E-state index in [2.05, 4.69) is 44.8 Å². The van der Waals surface area contributed by atoms with Gasteiger partial charge in [0.1, 0.15) is 5.54 Å². The Labute approximate surface area is 174 Å². The van der Waals surface area contributed by atoms with Crippen LogP contribution >= 0.6 is 0 Å². The van der Waals surface area contributed by atoms with Crippen LogP contribution in [0.1, 0.15) is 32.6 Å². The number of benzene rings is 1. The van der Waals surface area contributed by atoms with Crippen LogP contribution < -0.4 is 15.5 Å². The molecule has 3 N–H and O–H groups in total. The van der Waals surface area contributed by atoms with Crippen molar-refractivity contribution in [3.8, 4) is 0 Å². The smallest absolute Gasteiger partial charge is 0.322 e. The van der Waals surface area contributed by atoms with Gasteiger partial charge in [0.05, 0.1) is 11.7 Å². The maximum atomic E-state index is 12.9. The summed E-state index contributed by atoms with van der Waals surface area (Å²) >= 11 is 0. The first kappa shape index (κ1) is 18.9. The molecule has 1 saturated carbocycles. The standard InChI is InChI=1S/C21H26N6O3/c1-13-12-26(8-9-27(13)16-4-5-17-14(10-16)11-22-25-17)18(28)6-7-21(15-2-3-15)19(29)23-20(30)24-21/h4-5,10-11,13,15H,2-3,6-9,12H2,1H3,(H,22,25)(H2,23,24,29,30)/t13-,21?/m0/s1. The van der Waals surface area contributed by atoms with Gasteiger partial charge in [0, 0.05) is 43.2 Å². The van der Waals surface area contributed by atoms with E-state index < -0.39 is 11.6 Å². The van der Waals surface area contributed by atoms with Gasteiger partial charge in [0.25, 0.3) is 5.91 Å². The average Bonchev–Trinajstić information content (AvgIpc) is 3.40. The normalized spacial score (nSPS) is 26.8. The quantitative estimate of drug-likeness (QED) is 0.645. The van der Waals surface area contributed by atoms with Crippen LogP contribution in [-0.4, -0.2) is 64.2 Å². The van der Waals surface area contributed by atoms with E-state index in [4.69, 9.17) is 0 Å². The van der Waals surface area contributed by atoms with Gasteiger partial charge < -0.3 is 15.1 Å². The summed E-state index contributed by atoms with van der Waals surface area (Å²) in [5.74, 6) is -0.0956. The number of anilines is 1. The zero-order chi connectivity index (χ0) is 20.9. The molecule has 2 aromatic rings. The molecule has 2 atom stereocenters. The highest BCUT2D eigenvalue weighted by atomic mass is 16.2. The van der Waals surface area contributed by atoms with Crippen LogP contribution in [0.25, 0.3) is 10.9 Å². The molecule has 2 aliphatic heterocycles. The number of aromatic amines is 1. The summed E-state index contributed by atoms with van der Waals surface area (Å²) in [5, 5.41) is 13.3. The predicted molar refractivity (Wildman–Crippen MR) is 111 cm³/mol. The largest absolute Gasteiger partial charge is 0.365 e. The van der Waals surface area contributed by atoms with E-state index in [9.17, 15) is 14.4 Å². The zero-order valence-electron chi connectivity index (χ0n) is 17.0. The topological polar surface area (TPSA) is 110 Å². The van der Waals surface area contributed by atoms with E-state index in [1.807, 2.05) is 17.2 Å². The molecule has 30 heavy (non-hydrogen) atoms. The highest BCUT2D eigenvalue weighted by Gasteiger charge is 2.55. The van der Waals surface area contributed by atoms with Crippen LogP contribution in [0.15, 0.2) is 24.4 Å². The SMILES string of the molecule is C[C@H]1CN(C(=O)CCC2(C3CC3)NC(=O)NC2=O)CCN1c1ccc2[nH]ncc2c1. The Bertz CT molecular complexity index is 1020. The van der Waals surface area contributed by atoms with Crippen LogP contribution in [0.3, 0.4) is 0 Å². The molecule has 4 amide bonds. The van der Waals surface area contributed by atoms with E-state index >= 15 is 0 Å². The number of imide groups is 1. The van der Waals surface area contributed by atoms with E-state index in [1.54, 1.807) is 0 Å². The van der Waals surface area contributed by atoms with Gasteiger partial charge in [-0.05, 0) is 50.3 Å². The lowest BCUT2D eigenvalue weighted by Gasteiger charge is -2.41. The lowest BCUT2D eigenvalue weighted by atomic mass is 9.87.